The molecule has 1 aromatic rings. The highest BCUT2D eigenvalue weighted by atomic mass is 32.2. The van der Waals surface area contributed by atoms with Crippen molar-refractivity contribution in [2.24, 2.45) is 0 Å². The third-order valence-corrected chi connectivity index (χ3v) is 4.85. The number of nitrogens with zero attached hydrogens (tertiary/aromatic N) is 1. The molecule has 0 saturated heterocycles. The Morgan fingerprint density at radius 3 is 2.52 bits per heavy atom. The lowest BCUT2D eigenvalue weighted by atomic mass is 10.1. The minimum absolute atomic E-state index is 0.137. The molecule has 2 N–H and O–H groups in total. The molecule has 5 nitrogen and oxygen atoms in total. The SMILES string of the molecule is CCNCc1ccc(C)c(S(=O)(=O)NC(C)CN(C)C)c1. The van der Waals surface area contributed by atoms with Crippen molar-refractivity contribution < 1.29 is 8.42 Å². The molecule has 0 aliphatic carbocycles. The third-order valence-electron chi connectivity index (χ3n) is 3.12. The minimum Gasteiger partial charge on any atom is -0.313 e. The Hall–Kier alpha value is -0.950. The molecule has 0 fully saturated rings. The molecular formula is C15H27N3O2S. The van der Waals surface area contributed by atoms with Crippen molar-refractivity contribution in [1.29, 1.82) is 0 Å². The van der Waals surface area contributed by atoms with Crippen LogP contribution in [-0.4, -0.2) is 46.5 Å². The first-order valence-corrected chi connectivity index (χ1v) is 8.72. The first kappa shape index (κ1) is 18.1. The van der Waals surface area contributed by atoms with Gasteiger partial charge in [0.1, 0.15) is 0 Å². The van der Waals surface area contributed by atoms with Gasteiger partial charge in [0.15, 0.2) is 0 Å². The van der Waals surface area contributed by atoms with Gasteiger partial charge >= 0.3 is 0 Å². The van der Waals surface area contributed by atoms with Crippen molar-refractivity contribution in [3.8, 4) is 0 Å². The van der Waals surface area contributed by atoms with Gasteiger partial charge < -0.3 is 10.2 Å². The topological polar surface area (TPSA) is 61.4 Å². The lowest BCUT2D eigenvalue weighted by Gasteiger charge is -2.19. The number of aryl methyl sites for hydroxylation is 1. The quantitative estimate of drug-likeness (QED) is 0.760. The van der Waals surface area contributed by atoms with E-state index in [0.29, 0.717) is 18.0 Å². The van der Waals surface area contributed by atoms with Gasteiger partial charge in [0.25, 0.3) is 0 Å². The van der Waals surface area contributed by atoms with Gasteiger partial charge in [-0.25, -0.2) is 13.1 Å². The second-order valence-electron chi connectivity index (χ2n) is 5.66. The smallest absolute Gasteiger partial charge is 0.241 e. The molecule has 1 unspecified atom stereocenters. The summed E-state index contributed by atoms with van der Waals surface area (Å²) in [6, 6.07) is 5.43. The fourth-order valence-electron chi connectivity index (χ4n) is 2.23. The molecule has 0 radical (unpaired) electrons. The van der Waals surface area contributed by atoms with E-state index in [2.05, 4.69) is 10.0 Å². The predicted octanol–water partition coefficient (Wildman–Crippen LogP) is 1.33. The van der Waals surface area contributed by atoms with Crippen molar-refractivity contribution in [2.45, 2.75) is 38.3 Å². The minimum atomic E-state index is -3.49. The van der Waals surface area contributed by atoms with E-state index >= 15 is 0 Å². The molecule has 0 aliphatic heterocycles. The highest BCUT2D eigenvalue weighted by Gasteiger charge is 2.20. The standard InChI is InChI=1S/C15H27N3O2S/c1-6-16-10-14-8-7-12(2)15(9-14)21(19,20)17-13(3)11-18(4)5/h7-9,13,16-17H,6,10-11H2,1-5H3. The summed E-state index contributed by atoms with van der Waals surface area (Å²) >= 11 is 0. The number of nitrogens with one attached hydrogen (secondary N) is 2. The largest absolute Gasteiger partial charge is 0.313 e. The molecule has 1 aromatic carbocycles. The fourth-order valence-corrected chi connectivity index (χ4v) is 3.76. The Bertz CT molecular complexity index is 556. The molecule has 0 spiro atoms. The lowest BCUT2D eigenvalue weighted by Crippen LogP contribution is -2.39. The second kappa shape index (κ2) is 7.89. The molecule has 0 heterocycles. The summed E-state index contributed by atoms with van der Waals surface area (Å²) in [5, 5.41) is 3.21. The van der Waals surface area contributed by atoms with E-state index in [0.717, 1.165) is 17.7 Å². The summed E-state index contributed by atoms with van der Waals surface area (Å²) in [7, 11) is 0.360. The summed E-state index contributed by atoms with van der Waals surface area (Å²) < 4.78 is 27.8. The van der Waals surface area contributed by atoms with Crippen LogP contribution in [-0.2, 0) is 16.6 Å². The second-order valence-corrected chi connectivity index (χ2v) is 7.35. The highest BCUT2D eigenvalue weighted by Crippen LogP contribution is 2.17. The number of hydrogen-bond acceptors (Lipinski definition) is 4. The molecule has 0 saturated carbocycles. The van der Waals surface area contributed by atoms with Crippen LogP contribution in [0.3, 0.4) is 0 Å². The van der Waals surface area contributed by atoms with Crippen molar-refractivity contribution in [3.63, 3.8) is 0 Å². The van der Waals surface area contributed by atoms with E-state index < -0.39 is 10.0 Å². The van der Waals surface area contributed by atoms with Crippen molar-refractivity contribution >= 4 is 10.0 Å². The molecule has 0 aromatic heterocycles. The fraction of sp³-hybridized carbons (Fsp3) is 0.600. The monoisotopic (exact) mass is 313 g/mol. The zero-order valence-electron chi connectivity index (χ0n) is 13.6. The van der Waals surface area contributed by atoms with E-state index in [1.54, 1.807) is 6.07 Å². The highest BCUT2D eigenvalue weighted by molar-refractivity contribution is 7.89. The van der Waals surface area contributed by atoms with Crippen LogP contribution in [0.15, 0.2) is 23.1 Å². The van der Waals surface area contributed by atoms with Crippen LogP contribution in [0.25, 0.3) is 0 Å². The van der Waals surface area contributed by atoms with E-state index in [1.165, 1.54) is 0 Å². The van der Waals surface area contributed by atoms with Crippen LogP contribution in [0, 0.1) is 6.92 Å². The molecule has 0 amide bonds. The van der Waals surface area contributed by atoms with Gasteiger partial charge in [0.05, 0.1) is 4.90 Å². The van der Waals surface area contributed by atoms with Crippen LogP contribution >= 0.6 is 0 Å². The van der Waals surface area contributed by atoms with Gasteiger partial charge in [-0.1, -0.05) is 19.1 Å². The van der Waals surface area contributed by atoms with Crippen LogP contribution in [0.4, 0.5) is 0 Å². The Morgan fingerprint density at radius 2 is 1.95 bits per heavy atom. The van der Waals surface area contributed by atoms with E-state index in [4.69, 9.17) is 0 Å². The van der Waals surface area contributed by atoms with Crippen LogP contribution < -0.4 is 10.0 Å². The normalized spacial score (nSPS) is 13.6. The average molecular weight is 313 g/mol. The van der Waals surface area contributed by atoms with Crippen molar-refractivity contribution in [2.75, 3.05) is 27.2 Å². The predicted molar refractivity (Wildman–Crippen MR) is 86.9 cm³/mol. The van der Waals surface area contributed by atoms with E-state index in [-0.39, 0.29) is 6.04 Å². The lowest BCUT2D eigenvalue weighted by molar-refractivity contribution is 0.370. The summed E-state index contributed by atoms with van der Waals surface area (Å²) in [5.74, 6) is 0. The summed E-state index contributed by atoms with van der Waals surface area (Å²) in [6.07, 6.45) is 0. The molecular weight excluding hydrogens is 286 g/mol. The number of benzene rings is 1. The van der Waals surface area contributed by atoms with Crippen LogP contribution in [0.5, 0.6) is 0 Å². The van der Waals surface area contributed by atoms with Crippen LogP contribution in [0.2, 0.25) is 0 Å². The molecule has 0 bridgehead atoms. The first-order chi connectivity index (χ1) is 9.76. The summed E-state index contributed by atoms with van der Waals surface area (Å²) in [6.45, 7) is 7.91. The van der Waals surface area contributed by atoms with Gasteiger partial charge in [-0.3, -0.25) is 0 Å². The summed E-state index contributed by atoms with van der Waals surface area (Å²) in [5.41, 5.74) is 1.74. The number of rotatable bonds is 8. The Morgan fingerprint density at radius 1 is 1.29 bits per heavy atom. The molecule has 6 heteroatoms. The zero-order valence-corrected chi connectivity index (χ0v) is 14.4. The first-order valence-electron chi connectivity index (χ1n) is 7.23. The Kier molecular flexibility index (Phi) is 6.80. The Balaban J connectivity index is 2.96. The maximum Gasteiger partial charge on any atom is 0.241 e. The zero-order chi connectivity index (χ0) is 16.0. The van der Waals surface area contributed by atoms with Gasteiger partial charge in [0, 0.05) is 19.1 Å². The van der Waals surface area contributed by atoms with Gasteiger partial charge in [0.2, 0.25) is 10.0 Å². The summed E-state index contributed by atoms with van der Waals surface area (Å²) in [4.78, 5) is 2.32. The Labute approximate surface area is 128 Å². The number of likely N-dealkylation sites (N-methyl/N-ethyl adjacent to an activating group) is 1. The van der Waals surface area contributed by atoms with Crippen molar-refractivity contribution in [3.05, 3.63) is 29.3 Å². The molecule has 120 valence electrons. The molecule has 1 atom stereocenters. The maximum absolute atomic E-state index is 12.5. The van der Waals surface area contributed by atoms with Crippen LogP contribution in [0.1, 0.15) is 25.0 Å². The molecule has 1 rings (SSSR count). The van der Waals surface area contributed by atoms with Gasteiger partial charge in [-0.2, -0.15) is 0 Å². The molecule has 21 heavy (non-hydrogen) atoms. The third kappa shape index (κ3) is 5.74. The average Bonchev–Trinajstić information content (AvgIpc) is 2.35. The maximum atomic E-state index is 12.5. The number of hydrogen-bond donors (Lipinski definition) is 2. The van der Waals surface area contributed by atoms with E-state index in [1.807, 2.05) is 51.9 Å². The van der Waals surface area contributed by atoms with Gasteiger partial charge in [-0.15, -0.1) is 0 Å². The molecule has 0 aliphatic rings. The van der Waals surface area contributed by atoms with E-state index in [9.17, 15) is 8.42 Å². The van der Waals surface area contributed by atoms with Gasteiger partial charge in [-0.05, 0) is 51.7 Å². The van der Waals surface area contributed by atoms with Crippen molar-refractivity contribution in [1.82, 2.24) is 14.9 Å². The number of sulfonamides is 1.